The first-order valence-electron chi connectivity index (χ1n) is 37.0. The van der Waals surface area contributed by atoms with Crippen LogP contribution in [0.25, 0.3) is 0 Å². The zero-order valence-electron chi connectivity index (χ0n) is 54.9. The van der Waals surface area contributed by atoms with Gasteiger partial charge in [0.2, 0.25) is 0 Å². The highest BCUT2D eigenvalue weighted by Crippen LogP contribution is 2.20. The number of rotatable bonds is 70. The van der Waals surface area contributed by atoms with Gasteiger partial charge in [0.05, 0.1) is 0 Å². The number of hydrogen-bond donors (Lipinski definition) is 0. The fourth-order valence-electron chi connectivity index (χ4n) is 11.8. The number of esters is 3. The molecule has 0 N–H and O–H groups in total. The van der Waals surface area contributed by atoms with Gasteiger partial charge in [0.1, 0.15) is 13.2 Å². The first-order valence-corrected chi connectivity index (χ1v) is 37.0. The van der Waals surface area contributed by atoms with E-state index in [2.05, 4.69) is 20.8 Å². The number of unbranched alkanes of at least 4 members (excludes halogenated alkanes) is 59. The SMILES string of the molecule is CCCCCCCCCCCCCCCCCCCCCCCCCCCCCCCCCC(=O)OCC(COC(=O)CCCCCCCCCCCCCCC)OC(=O)CCCCCCCCCCCCCCCCCCCC. The van der Waals surface area contributed by atoms with Crippen LogP contribution in [0.1, 0.15) is 438 Å². The second-order valence-corrected chi connectivity index (χ2v) is 25.6. The number of carbonyl (C=O) groups excluding carboxylic acids is 3. The van der Waals surface area contributed by atoms with Crippen molar-refractivity contribution in [2.24, 2.45) is 0 Å². The Labute approximate surface area is 501 Å². The van der Waals surface area contributed by atoms with Crippen LogP contribution in [0.4, 0.5) is 0 Å². The summed E-state index contributed by atoms with van der Waals surface area (Å²) >= 11 is 0. The van der Waals surface area contributed by atoms with Gasteiger partial charge in [-0.25, -0.2) is 0 Å². The van der Waals surface area contributed by atoms with E-state index in [0.29, 0.717) is 19.3 Å². The summed E-state index contributed by atoms with van der Waals surface area (Å²) in [5.74, 6) is -0.820. The van der Waals surface area contributed by atoms with Crippen LogP contribution >= 0.6 is 0 Å². The lowest BCUT2D eigenvalue weighted by atomic mass is 10.0. The van der Waals surface area contributed by atoms with E-state index in [9.17, 15) is 14.4 Å². The van der Waals surface area contributed by atoms with Gasteiger partial charge in [-0.3, -0.25) is 14.4 Å². The van der Waals surface area contributed by atoms with Crippen LogP contribution in [-0.4, -0.2) is 37.2 Å². The van der Waals surface area contributed by atoms with Crippen molar-refractivity contribution in [1.82, 2.24) is 0 Å². The summed E-state index contributed by atoms with van der Waals surface area (Å²) in [5, 5.41) is 0. The molecule has 80 heavy (non-hydrogen) atoms. The van der Waals surface area contributed by atoms with E-state index >= 15 is 0 Å². The summed E-state index contributed by atoms with van der Waals surface area (Å²) in [5.41, 5.74) is 0. The molecule has 0 fully saturated rings. The first kappa shape index (κ1) is 78.4. The molecule has 0 heterocycles. The minimum Gasteiger partial charge on any atom is -0.462 e. The van der Waals surface area contributed by atoms with E-state index in [4.69, 9.17) is 14.2 Å². The Morgan fingerprint density at radius 3 is 0.500 bits per heavy atom. The average molecular weight is 1130 g/mol. The number of hydrogen-bond acceptors (Lipinski definition) is 6. The summed E-state index contributed by atoms with van der Waals surface area (Å²) in [6.45, 7) is 6.74. The van der Waals surface area contributed by atoms with E-state index < -0.39 is 6.10 Å². The Morgan fingerprint density at radius 1 is 0.200 bits per heavy atom. The Hall–Kier alpha value is -1.59. The van der Waals surface area contributed by atoms with Gasteiger partial charge in [-0.2, -0.15) is 0 Å². The molecule has 0 aliphatic heterocycles. The van der Waals surface area contributed by atoms with Crippen molar-refractivity contribution in [1.29, 1.82) is 0 Å². The molecule has 0 aromatic rings. The van der Waals surface area contributed by atoms with Gasteiger partial charge in [-0.15, -0.1) is 0 Å². The molecule has 0 aliphatic rings. The summed E-state index contributed by atoms with van der Waals surface area (Å²) in [7, 11) is 0. The maximum absolute atomic E-state index is 12.9. The maximum atomic E-state index is 12.9. The van der Waals surface area contributed by atoms with Gasteiger partial charge in [-0.05, 0) is 19.3 Å². The normalized spacial score (nSPS) is 11.9. The number of ether oxygens (including phenoxy) is 3. The third-order valence-corrected chi connectivity index (χ3v) is 17.4. The van der Waals surface area contributed by atoms with Gasteiger partial charge in [0.15, 0.2) is 6.10 Å². The van der Waals surface area contributed by atoms with Crippen LogP contribution < -0.4 is 0 Å². The first-order chi connectivity index (χ1) is 39.5. The highest BCUT2D eigenvalue weighted by atomic mass is 16.6. The largest absolute Gasteiger partial charge is 0.462 e. The van der Waals surface area contributed by atoms with Crippen LogP contribution in [0.3, 0.4) is 0 Å². The molecule has 0 bridgehead atoms. The van der Waals surface area contributed by atoms with E-state index in [-0.39, 0.29) is 31.1 Å². The van der Waals surface area contributed by atoms with Crippen molar-refractivity contribution >= 4 is 17.9 Å². The molecule has 0 saturated carbocycles. The molecule has 0 aliphatic carbocycles. The van der Waals surface area contributed by atoms with Gasteiger partial charge in [-0.1, -0.05) is 400 Å². The Bertz CT molecular complexity index is 1200. The fourth-order valence-corrected chi connectivity index (χ4v) is 11.8. The molecule has 1 atom stereocenters. The third kappa shape index (κ3) is 67.2. The molecule has 0 spiro atoms. The minimum atomic E-state index is -0.763. The molecule has 0 aromatic heterocycles. The van der Waals surface area contributed by atoms with Crippen molar-refractivity contribution in [2.75, 3.05) is 13.2 Å². The average Bonchev–Trinajstić information content (AvgIpc) is 3.46. The fraction of sp³-hybridized carbons (Fsp3) is 0.959. The summed E-state index contributed by atoms with van der Waals surface area (Å²) in [4.78, 5) is 38.4. The van der Waals surface area contributed by atoms with E-state index in [0.717, 1.165) is 57.8 Å². The molecule has 0 saturated heterocycles. The van der Waals surface area contributed by atoms with E-state index in [1.807, 2.05) is 0 Å². The molecule has 0 radical (unpaired) electrons. The predicted molar refractivity (Wildman–Crippen MR) is 349 cm³/mol. The lowest BCUT2D eigenvalue weighted by molar-refractivity contribution is -0.167. The topological polar surface area (TPSA) is 78.9 Å². The quantitative estimate of drug-likeness (QED) is 0.0343. The van der Waals surface area contributed by atoms with Crippen LogP contribution in [0.5, 0.6) is 0 Å². The molecule has 1 unspecified atom stereocenters. The second kappa shape index (κ2) is 69.9. The molecule has 0 amide bonds. The van der Waals surface area contributed by atoms with Crippen LogP contribution in [0, 0.1) is 0 Å². The zero-order valence-corrected chi connectivity index (χ0v) is 54.9. The van der Waals surface area contributed by atoms with Crippen molar-refractivity contribution in [3.8, 4) is 0 Å². The van der Waals surface area contributed by atoms with Crippen LogP contribution in [0.2, 0.25) is 0 Å². The standard InChI is InChI=1S/C74H144O6/c1-4-7-10-13-16-19-22-25-27-29-31-32-33-34-35-36-37-38-39-40-41-42-43-45-46-49-52-55-58-61-64-67-73(76)79-70-71(69-78-72(75)66-63-60-57-54-51-48-24-21-18-15-12-9-6-3)80-74(77)68-65-62-59-56-53-50-47-44-30-28-26-23-20-17-14-11-8-5-2/h71H,4-70H2,1-3H3. The van der Waals surface area contributed by atoms with Crippen molar-refractivity contribution in [3.05, 3.63) is 0 Å². The molecule has 0 rings (SSSR count). The van der Waals surface area contributed by atoms with Crippen molar-refractivity contribution in [3.63, 3.8) is 0 Å². The lowest BCUT2D eigenvalue weighted by Crippen LogP contribution is -2.30. The molecule has 6 heteroatoms. The summed E-state index contributed by atoms with van der Waals surface area (Å²) in [6.07, 6.45) is 83.0. The zero-order chi connectivity index (χ0) is 57.8. The predicted octanol–water partition coefficient (Wildman–Crippen LogP) is 25.4. The lowest BCUT2D eigenvalue weighted by Gasteiger charge is -2.18. The van der Waals surface area contributed by atoms with Crippen molar-refractivity contribution < 1.29 is 28.6 Å². The Balaban J connectivity index is 4.09. The molecular weight excluding hydrogens is 985 g/mol. The highest BCUT2D eigenvalue weighted by molar-refractivity contribution is 5.71. The number of carbonyl (C=O) groups is 3. The minimum absolute atomic E-state index is 0.0602. The monoisotopic (exact) mass is 1130 g/mol. The van der Waals surface area contributed by atoms with Crippen LogP contribution in [-0.2, 0) is 28.6 Å². The van der Waals surface area contributed by atoms with Gasteiger partial charge >= 0.3 is 17.9 Å². The van der Waals surface area contributed by atoms with Gasteiger partial charge < -0.3 is 14.2 Å². The summed E-state index contributed by atoms with van der Waals surface area (Å²) in [6, 6.07) is 0. The maximum Gasteiger partial charge on any atom is 0.306 e. The van der Waals surface area contributed by atoms with Gasteiger partial charge in [0.25, 0.3) is 0 Å². The highest BCUT2D eigenvalue weighted by Gasteiger charge is 2.20. The second-order valence-electron chi connectivity index (χ2n) is 25.6. The Morgan fingerprint density at radius 2 is 0.338 bits per heavy atom. The smallest absolute Gasteiger partial charge is 0.306 e. The summed E-state index contributed by atoms with van der Waals surface area (Å²) < 4.78 is 17.0. The van der Waals surface area contributed by atoms with Crippen LogP contribution in [0.15, 0.2) is 0 Å². The molecular formula is C74H144O6. The van der Waals surface area contributed by atoms with Crippen molar-refractivity contribution in [2.45, 2.75) is 444 Å². The third-order valence-electron chi connectivity index (χ3n) is 17.4. The van der Waals surface area contributed by atoms with Gasteiger partial charge in [0, 0.05) is 19.3 Å². The van der Waals surface area contributed by atoms with E-state index in [1.54, 1.807) is 0 Å². The Kier molecular flexibility index (Phi) is 68.5. The molecule has 476 valence electrons. The molecule has 6 nitrogen and oxygen atoms in total. The molecule has 0 aromatic carbocycles. The van der Waals surface area contributed by atoms with E-state index in [1.165, 1.54) is 340 Å².